The van der Waals surface area contributed by atoms with Crippen molar-refractivity contribution in [1.82, 2.24) is 0 Å². The monoisotopic (exact) mass is 647 g/mol. The van der Waals surface area contributed by atoms with Crippen LogP contribution in [0.25, 0.3) is 0 Å². The summed E-state index contributed by atoms with van der Waals surface area (Å²) < 4.78 is 3.75. The summed E-state index contributed by atoms with van der Waals surface area (Å²) in [5, 5.41) is 0. The Morgan fingerprint density at radius 2 is 0.667 bits per heavy atom. The molecule has 0 aromatic heterocycles. The molecule has 3 aliphatic heterocycles. The number of hydrogen-bond acceptors (Lipinski definition) is 0. The summed E-state index contributed by atoms with van der Waals surface area (Å²) >= 11 is 0. The van der Waals surface area contributed by atoms with Crippen molar-refractivity contribution in [2.24, 2.45) is 35.5 Å². The Hall–Kier alpha value is 3.19. The first-order valence-electron chi connectivity index (χ1n) is 11.8. The van der Waals surface area contributed by atoms with Crippen LogP contribution >= 0.6 is 0 Å². The first kappa shape index (κ1) is 33.2. The first-order chi connectivity index (χ1) is 12.4. The molecule has 0 spiro atoms. The van der Waals surface area contributed by atoms with E-state index in [1.54, 1.807) is 0 Å². The van der Waals surface area contributed by atoms with Crippen molar-refractivity contribution < 1.29 is 112 Å². The Bertz CT molecular complexity index is 480. The molecular weight excluding hydrogens is 597 g/mol. The van der Waals surface area contributed by atoms with Crippen molar-refractivity contribution in [2.75, 3.05) is 81.6 Å². The normalized spacial score (nSPS) is 38.4. The van der Waals surface area contributed by atoms with E-state index >= 15 is 0 Å². The van der Waals surface area contributed by atoms with Crippen molar-refractivity contribution in [3.8, 4) is 0 Å². The van der Waals surface area contributed by atoms with Gasteiger partial charge in [0.2, 0.25) is 0 Å². The van der Waals surface area contributed by atoms with Gasteiger partial charge in [0.1, 0.15) is 0 Å². The van der Waals surface area contributed by atoms with Crippen molar-refractivity contribution in [1.29, 1.82) is 0 Å². The van der Waals surface area contributed by atoms with Crippen LogP contribution in [-0.2, 0) is 98.1 Å². The maximum absolute atomic E-state index is 2.51. The Balaban J connectivity index is 0.00000280. The van der Waals surface area contributed by atoms with Gasteiger partial charge in [-0.1, -0.05) is 13.8 Å². The molecule has 3 rings (SSSR count). The number of quaternary nitrogens is 3. The molecule has 3 nitrogen and oxygen atoms in total. The zero-order chi connectivity index (χ0) is 20.0. The van der Waals surface area contributed by atoms with Gasteiger partial charge < -0.3 is 13.4 Å². The second-order valence-electron chi connectivity index (χ2n) is 13.1. The predicted octanol–water partition coefficient (Wildman–Crippen LogP) is 3.55. The summed E-state index contributed by atoms with van der Waals surface area (Å²) in [6, 6.07) is 0. The third-order valence-corrected chi connectivity index (χ3v) is 8.57. The van der Waals surface area contributed by atoms with Gasteiger partial charge in [-0.25, -0.2) is 0 Å². The van der Waals surface area contributed by atoms with Gasteiger partial charge in [-0.3, -0.25) is 0 Å². The summed E-state index contributed by atoms with van der Waals surface area (Å²) in [7, 11) is 14.7. The number of nitrogens with zero attached hydrogens (tertiary/aromatic N) is 3. The predicted molar refractivity (Wildman–Crippen MR) is 116 cm³/mol. The van der Waals surface area contributed by atoms with E-state index in [9.17, 15) is 0 Å². The quantitative estimate of drug-likeness (QED) is 0.388. The van der Waals surface area contributed by atoms with E-state index in [0.29, 0.717) is 0 Å². The summed E-state index contributed by atoms with van der Waals surface area (Å²) in [5.41, 5.74) is 0. The fraction of sp³-hybridized carbons (Fsp3) is 1.00. The van der Waals surface area contributed by atoms with E-state index in [4.69, 9.17) is 0 Å². The first-order valence-corrected chi connectivity index (χ1v) is 11.8. The van der Waals surface area contributed by atoms with Crippen molar-refractivity contribution in [3.63, 3.8) is 0 Å². The van der Waals surface area contributed by atoms with Crippen molar-refractivity contribution in [3.05, 3.63) is 0 Å². The van der Waals surface area contributed by atoms with Gasteiger partial charge in [-0.15, -0.1) is 0 Å². The maximum Gasteiger partial charge on any atom is 0.0816 e. The minimum absolute atomic E-state index is 0. The molecule has 0 aromatic carbocycles. The molecule has 3 aliphatic rings. The Morgan fingerprint density at radius 3 is 0.933 bits per heavy atom. The molecule has 3 fully saturated rings. The topological polar surface area (TPSA) is 0 Å². The molecule has 0 aromatic rings. The van der Waals surface area contributed by atoms with Gasteiger partial charge in [0, 0.05) is 134 Å². The number of hydrogen-bond donors (Lipinski definition) is 0. The smallest absolute Gasteiger partial charge is 0.0816 e. The Kier molecular flexibility index (Phi) is 14.3. The molecule has 0 aliphatic carbocycles. The third-order valence-electron chi connectivity index (χ3n) is 8.57. The van der Waals surface area contributed by atoms with E-state index in [1.165, 1.54) is 78.4 Å². The molecule has 30 heavy (non-hydrogen) atoms. The van der Waals surface area contributed by atoms with Gasteiger partial charge in [-0.2, -0.15) is 0 Å². The van der Waals surface area contributed by atoms with E-state index < -0.39 is 0 Å². The van der Waals surface area contributed by atoms with E-state index in [-0.39, 0.29) is 98.1 Å². The SMILES string of the molecule is CC1C[N+](C)(C)CC1CCC1C[N+](C)(C)CC1CCC1C[N+](C)(C)CC1C.[Y].[Y].[Y]. The zero-order valence-corrected chi connectivity index (χ0v) is 30.1. The fourth-order valence-electron chi connectivity index (χ4n) is 7.54. The van der Waals surface area contributed by atoms with Gasteiger partial charge >= 0.3 is 0 Å². The molecule has 0 saturated carbocycles. The van der Waals surface area contributed by atoms with Crippen LogP contribution in [0, 0.1) is 35.5 Å². The maximum atomic E-state index is 2.51. The number of rotatable bonds is 6. The molecule has 3 radical (unpaired) electrons. The fourth-order valence-corrected chi connectivity index (χ4v) is 7.54. The van der Waals surface area contributed by atoms with Crippen LogP contribution in [0.5, 0.6) is 0 Å². The van der Waals surface area contributed by atoms with E-state index in [0.717, 1.165) is 35.5 Å². The van der Waals surface area contributed by atoms with Crippen LogP contribution in [0.15, 0.2) is 0 Å². The standard InChI is InChI=1S/C24H50N3.3Y/c1-19-13-25(3,4)15-21(19)9-11-23-17-27(7,8)18-24(23)12-10-22-16-26(5,6)14-20(22)2;;;/h19-24H,9-18H2,1-8H3;;;/q+3;;;. The molecule has 6 heteroatoms. The average Bonchev–Trinajstić information content (AvgIpc) is 3.04. The molecular formula is C24H50N3Y3+3. The summed E-state index contributed by atoms with van der Waals surface area (Å²) in [6.07, 6.45) is 5.94. The Labute approximate surface area is 264 Å². The summed E-state index contributed by atoms with van der Waals surface area (Å²) in [5.74, 6) is 5.71. The van der Waals surface area contributed by atoms with E-state index in [2.05, 4.69) is 56.1 Å². The summed E-state index contributed by atoms with van der Waals surface area (Å²) in [6.45, 7) is 13.4. The van der Waals surface area contributed by atoms with Crippen molar-refractivity contribution in [2.45, 2.75) is 39.5 Å². The minimum Gasteiger partial charge on any atom is -0.328 e. The van der Waals surface area contributed by atoms with Crippen molar-refractivity contribution >= 4 is 0 Å². The number of likely N-dealkylation sites (tertiary alicyclic amines) is 3. The van der Waals surface area contributed by atoms with Crippen LogP contribution in [0.1, 0.15) is 39.5 Å². The van der Waals surface area contributed by atoms with Crippen LogP contribution in [0.3, 0.4) is 0 Å². The molecule has 167 valence electrons. The van der Waals surface area contributed by atoms with Crippen LogP contribution in [-0.4, -0.2) is 95.0 Å². The second-order valence-corrected chi connectivity index (χ2v) is 13.1. The largest absolute Gasteiger partial charge is 0.328 e. The Morgan fingerprint density at radius 1 is 0.433 bits per heavy atom. The minimum atomic E-state index is 0. The average molecular weight is 647 g/mol. The molecule has 6 unspecified atom stereocenters. The van der Waals surface area contributed by atoms with Crippen LogP contribution in [0.4, 0.5) is 0 Å². The van der Waals surface area contributed by atoms with Gasteiger partial charge in [0.15, 0.2) is 0 Å². The molecule has 3 heterocycles. The molecule has 6 atom stereocenters. The molecule has 0 bridgehead atoms. The zero-order valence-electron chi connectivity index (χ0n) is 21.6. The second kappa shape index (κ2) is 12.9. The summed E-state index contributed by atoms with van der Waals surface area (Å²) in [4.78, 5) is 0. The molecule has 0 amide bonds. The third kappa shape index (κ3) is 9.33. The van der Waals surface area contributed by atoms with Gasteiger partial charge in [0.25, 0.3) is 0 Å². The van der Waals surface area contributed by atoms with E-state index in [1.807, 2.05) is 0 Å². The molecule has 3 saturated heterocycles. The molecule has 0 N–H and O–H groups in total. The van der Waals surface area contributed by atoms with Crippen LogP contribution in [0.2, 0.25) is 0 Å². The van der Waals surface area contributed by atoms with Gasteiger partial charge in [0.05, 0.1) is 81.6 Å². The van der Waals surface area contributed by atoms with Crippen LogP contribution < -0.4 is 0 Å². The van der Waals surface area contributed by atoms with Gasteiger partial charge in [-0.05, 0) is 25.7 Å².